The van der Waals surface area contributed by atoms with Crippen LogP contribution in [0.3, 0.4) is 0 Å². The Bertz CT molecular complexity index is 253. The molecule has 0 aromatic rings. The molecule has 0 aromatic carbocycles. The maximum atomic E-state index is 10.7. The molecule has 4 nitrogen and oxygen atoms in total. The Morgan fingerprint density at radius 1 is 1.15 bits per heavy atom. The molecule has 0 aromatic heterocycles. The molecule has 0 aliphatic heterocycles. The first kappa shape index (κ1) is 10.9. The summed E-state index contributed by atoms with van der Waals surface area (Å²) in [5.41, 5.74) is 5.22. The zero-order valence-corrected chi connectivity index (χ0v) is 8.52. The average Bonchev–Trinajstić information content (AvgIpc) is 2.09. The molecule has 0 amide bonds. The normalized spacial score (nSPS) is 23.8. The van der Waals surface area contributed by atoms with Crippen LogP contribution in [0.2, 0.25) is 0 Å². The van der Waals surface area contributed by atoms with E-state index in [4.69, 9.17) is 10.3 Å². The Balaban J connectivity index is 2.62. The van der Waals surface area contributed by atoms with Crippen molar-refractivity contribution in [3.63, 3.8) is 0 Å². The zero-order valence-electron chi connectivity index (χ0n) is 7.70. The Kier molecular flexibility index (Phi) is 3.32. The Morgan fingerprint density at radius 3 is 2.00 bits per heavy atom. The van der Waals surface area contributed by atoms with Gasteiger partial charge in [0.15, 0.2) is 0 Å². The van der Waals surface area contributed by atoms with Crippen molar-refractivity contribution < 1.29 is 13.0 Å². The van der Waals surface area contributed by atoms with Crippen LogP contribution < -0.4 is 5.73 Å². The lowest BCUT2D eigenvalue weighted by Gasteiger charge is -2.25. The third kappa shape index (κ3) is 4.06. The van der Waals surface area contributed by atoms with E-state index in [1.807, 2.05) is 0 Å². The lowest BCUT2D eigenvalue weighted by Crippen LogP contribution is -2.45. The van der Waals surface area contributed by atoms with Gasteiger partial charge in [-0.15, -0.1) is 0 Å². The minimum absolute atomic E-state index is 0.292. The molecule has 13 heavy (non-hydrogen) atoms. The fraction of sp³-hybridized carbons (Fsp3) is 1.00. The van der Waals surface area contributed by atoms with Crippen molar-refractivity contribution in [3.05, 3.63) is 0 Å². The van der Waals surface area contributed by atoms with Crippen LogP contribution in [0.4, 0.5) is 0 Å². The first-order chi connectivity index (χ1) is 5.91. The second kappa shape index (κ2) is 3.94. The molecule has 1 aliphatic carbocycles. The minimum Gasteiger partial charge on any atom is -0.324 e. The smallest absolute Gasteiger partial charge is 0.266 e. The van der Waals surface area contributed by atoms with Crippen molar-refractivity contribution in [1.29, 1.82) is 0 Å². The summed E-state index contributed by atoms with van der Waals surface area (Å²) in [5.74, 6) is -0.292. The number of rotatable bonds is 2. The van der Waals surface area contributed by atoms with Gasteiger partial charge in [-0.05, 0) is 12.8 Å². The van der Waals surface area contributed by atoms with Crippen molar-refractivity contribution >= 4 is 10.1 Å². The molecule has 1 saturated carbocycles. The highest BCUT2D eigenvalue weighted by Gasteiger charge is 2.30. The van der Waals surface area contributed by atoms with Crippen LogP contribution in [0.15, 0.2) is 0 Å². The molecule has 5 heteroatoms. The highest BCUT2D eigenvalue weighted by molar-refractivity contribution is 7.85. The molecule has 0 atom stereocenters. The van der Waals surface area contributed by atoms with Crippen molar-refractivity contribution in [2.75, 3.05) is 5.75 Å². The summed E-state index contributed by atoms with van der Waals surface area (Å²) in [6, 6.07) is 0. The number of hydrogen-bond acceptors (Lipinski definition) is 3. The van der Waals surface area contributed by atoms with Gasteiger partial charge in [0.25, 0.3) is 10.1 Å². The van der Waals surface area contributed by atoms with Crippen molar-refractivity contribution in [2.45, 2.75) is 44.1 Å². The lowest BCUT2D eigenvalue weighted by atomic mass is 9.94. The molecule has 1 rings (SSSR count). The highest BCUT2D eigenvalue weighted by atomic mass is 32.2. The van der Waals surface area contributed by atoms with Crippen LogP contribution in [0.5, 0.6) is 0 Å². The van der Waals surface area contributed by atoms with E-state index >= 15 is 0 Å². The molecular weight excluding hydrogens is 190 g/mol. The van der Waals surface area contributed by atoms with E-state index in [1.165, 1.54) is 0 Å². The van der Waals surface area contributed by atoms with E-state index in [2.05, 4.69) is 0 Å². The molecule has 0 heterocycles. The van der Waals surface area contributed by atoms with Gasteiger partial charge in [0.1, 0.15) is 0 Å². The molecule has 0 bridgehead atoms. The molecule has 1 fully saturated rings. The average molecular weight is 207 g/mol. The first-order valence-electron chi connectivity index (χ1n) is 4.65. The molecule has 3 N–H and O–H groups in total. The van der Waals surface area contributed by atoms with Gasteiger partial charge in [-0.3, -0.25) is 4.55 Å². The lowest BCUT2D eigenvalue weighted by molar-refractivity contribution is 0.389. The van der Waals surface area contributed by atoms with E-state index in [1.54, 1.807) is 0 Å². The summed E-state index contributed by atoms with van der Waals surface area (Å²) in [7, 11) is -3.92. The second-order valence-corrected chi connectivity index (χ2v) is 5.46. The fourth-order valence-electron chi connectivity index (χ4n) is 1.94. The third-order valence-electron chi connectivity index (χ3n) is 2.57. The van der Waals surface area contributed by atoms with Crippen molar-refractivity contribution in [3.8, 4) is 0 Å². The van der Waals surface area contributed by atoms with Crippen molar-refractivity contribution in [2.24, 2.45) is 5.73 Å². The van der Waals surface area contributed by atoms with Crippen LogP contribution in [0.1, 0.15) is 38.5 Å². The molecule has 0 unspecified atom stereocenters. The molecule has 0 saturated heterocycles. The van der Waals surface area contributed by atoms with Gasteiger partial charge < -0.3 is 5.73 Å². The molecular formula is C8H17NO3S. The SMILES string of the molecule is NC1(CS(=O)(=O)O)CCCCCC1. The monoisotopic (exact) mass is 207 g/mol. The van der Waals surface area contributed by atoms with E-state index in [0.717, 1.165) is 25.7 Å². The maximum Gasteiger partial charge on any atom is 0.266 e. The molecule has 78 valence electrons. The summed E-state index contributed by atoms with van der Waals surface area (Å²) in [4.78, 5) is 0. The standard InChI is InChI=1S/C8H17NO3S/c9-8(7-13(10,11)12)5-3-1-2-4-6-8/h1-7,9H2,(H,10,11,12). The van der Waals surface area contributed by atoms with Gasteiger partial charge in [-0.2, -0.15) is 8.42 Å². The maximum absolute atomic E-state index is 10.7. The van der Waals surface area contributed by atoms with Gasteiger partial charge in [0, 0.05) is 5.54 Å². The predicted molar refractivity (Wildman–Crippen MR) is 51.0 cm³/mol. The van der Waals surface area contributed by atoms with Crippen LogP contribution in [-0.4, -0.2) is 24.3 Å². The van der Waals surface area contributed by atoms with Crippen LogP contribution in [-0.2, 0) is 10.1 Å². The van der Waals surface area contributed by atoms with Crippen LogP contribution in [0, 0.1) is 0 Å². The van der Waals surface area contributed by atoms with Crippen LogP contribution in [0.25, 0.3) is 0 Å². The molecule has 0 spiro atoms. The zero-order chi connectivity index (χ0) is 9.95. The van der Waals surface area contributed by atoms with Crippen molar-refractivity contribution in [1.82, 2.24) is 0 Å². The van der Waals surface area contributed by atoms with E-state index in [-0.39, 0.29) is 5.75 Å². The van der Waals surface area contributed by atoms with Gasteiger partial charge >= 0.3 is 0 Å². The Labute approximate surface area is 79.3 Å². The quantitative estimate of drug-likeness (QED) is 0.521. The van der Waals surface area contributed by atoms with E-state index in [9.17, 15) is 8.42 Å². The number of nitrogens with two attached hydrogens (primary N) is 1. The van der Waals surface area contributed by atoms with E-state index in [0.29, 0.717) is 12.8 Å². The summed E-state index contributed by atoms with van der Waals surface area (Å²) in [6.45, 7) is 0. The van der Waals surface area contributed by atoms with Gasteiger partial charge in [0.05, 0.1) is 5.75 Å². The Morgan fingerprint density at radius 2 is 1.62 bits per heavy atom. The first-order valence-corrected chi connectivity index (χ1v) is 6.26. The summed E-state index contributed by atoms with van der Waals surface area (Å²) < 4.78 is 30.1. The topological polar surface area (TPSA) is 80.4 Å². The van der Waals surface area contributed by atoms with Gasteiger partial charge in [-0.25, -0.2) is 0 Å². The fourth-order valence-corrected chi connectivity index (χ4v) is 2.96. The summed E-state index contributed by atoms with van der Waals surface area (Å²) >= 11 is 0. The van der Waals surface area contributed by atoms with Gasteiger partial charge in [-0.1, -0.05) is 25.7 Å². The summed E-state index contributed by atoms with van der Waals surface area (Å²) in [5, 5.41) is 0. The summed E-state index contributed by atoms with van der Waals surface area (Å²) in [6.07, 6.45) is 5.56. The van der Waals surface area contributed by atoms with E-state index < -0.39 is 15.7 Å². The largest absolute Gasteiger partial charge is 0.324 e. The molecule has 0 radical (unpaired) electrons. The Hall–Kier alpha value is -0.130. The predicted octanol–water partition coefficient (Wildman–Crippen LogP) is 0.926. The minimum atomic E-state index is -3.92. The highest BCUT2D eigenvalue weighted by Crippen LogP contribution is 2.25. The third-order valence-corrected chi connectivity index (χ3v) is 3.51. The van der Waals surface area contributed by atoms with Crippen LogP contribution >= 0.6 is 0 Å². The molecule has 1 aliphatic rings. The number of hydrogen-bond donors (Lipinski definition) is 2. The van der Waals surface area contributed by atoms with Gasteiger partial charge in [0.2, 0.25) is 0 Å². The second-order valence-electron chi connectivity index (χ2n) is 4.00.